The molecule has 0 unspecified atom stereocenters. The molecule has 0 saturated heterocycles. The summed E-state index contributed by atoms with van der Waals surface area (Å²) in [6.45, 7) is 0. The van der Waals surface area contributed by atoms with Gasteiger partial charge in [0.25, 0.3) is 0 Å². The van der Waals surface area contributed by atoms with Gasteiger partial charge in [0.2, 0.25) is 0 Å². The first-order valence-electron chi connectivity index (χ1n) is 0.548. The zero-order valence-corrected chi connectivity index (χ0v) is 5.63. The van der Waals surface area contributed by atoms with Crippen molar-refractivity contribution in [3.63, 3.8) is 0 Å². The largest absolute Gasteiger partial charge is 2.00 e. The Labute approximate surface area is 53.2 Å². The maximum Gasteiger partial charge on any atom is 2.00 e. The Morgan fingerprint density at radius 3 is 1.33 bits per heavy atom. The smallest absolute Gasteiger partial charge is 0.369 e. The Morgan fingerprint density at radius 2 is 1.33 bits per heavy atom. The summed E-state index contributed by atoms with van der Waals surface area (Å²) in [7, 11) is 0. The standard InChI is InChI=1S/NO3.H3N.Zr/c2-1(3)4;;/h;1H3;/q-1;;+2/p+1. The van der Waals surface area contributed by atoms with E-state index in [-0.39, 0.29) is 32.4 Å². The van der Waals surface area contributed by atoms with Crippen LogP contribution in [0.4, 0.5) is 0 Å². The van der Waals surface area contributed by atoms with Crippen LogP contribution in [0.3, 0.4) is 0 Å². The van der Waals surface area contributed by atoms with Crippen LogP contribution in [0.2, 0.25) is 0 Å². The molecule has 0 saturated carbocycles. The summed E-state index contributed by atoms with van der Waals surface area (Å²) in [5.74, 6) is 0. The average molecular weight is 171 g/mol. The van der Waals surface area contributed by atoms with Gasteiger partial charge in [0, 0.05) is 0 Å². The molecule has 6 heavy (non-hydrogen) atoms. The molecule has 0 amide bonds. The average Bonchev–Trinajstić information content (AvgIpc) is 0.811. The third-order valence-corrected chi connectivity index (χ3v) is 0. The minimum Gasteiger partial charge on any atom is -0.369 e. The summed E-state index contributed by atoms with van der Waals surface area (Å²) < 4.78 is 0. The van der Waals surface area contributed by atoms with Crippen molar-refractivity contribution in [3.8, 4) is 0 Å². The van der Waals surface area contributed by atoms with Crippen molar-refractivity contribution in [3.05, 3.63) is 15.3 Å². The van der Waals surface area contributed by atoms with Gasteiger partial charge in [-0.2, -0.15) is 0 Å². The summed E-state index contributed by atoms with van der Waals surface area (Å²) in [5, 5.41) is 14.8. The molecule has 0 fully saturated rings. The molecule has 4 N–H and O–H groups in total. The zero-order valence-electron chi connectivity index (χ0n) is 3.17. The third-order valence-electron chi connectivity index (χ3n) is 0. The fraction of sp³-hybridized carbons (Fsp3) is 0. The van der Waals surface area contributed by atoms with Gasteiger partial charge in [-0.05, 0) is 0 Å². The molecule has 0 heterocycles. The van der Waals surface area contributed by atoms with Crippen LogP contribution in [-0.4, -0.2) is 5.09 Å². The first-order chi connectivity index (χ1) is 1.73. The summed E-state index contributed by atoms with van der Waals surface area (Å²) in [6.07, 6.45) is 0. The molecule has 5 nitrogen and oxygen atoms in total. The molecule has 0 rings (SSSR count). The number of nitrogens with zero attached hydrogens (tertiary/aromatic N) is 1. The van der Waals surface area contributed by atoms with E-state index < -0.39 is 5.09 Å². The van der Waals surface area contributed by atoms with E-state index in [0.717, 1.165) is 0 Å². The van der Waals surface area contributed by atoms with Crippen LogP contribution in [-0.2, 0) is 26.2 Å². The fourth-order valence-electron chi connectivity index (χ4n) is 0. The monoisotopic (exact) mass is 170 g/mol. The Balaban J connectivity index is -0.0000000450. The van der Waals surface area contributed by atoms with Crippen molar-refractivity contribution < 1.29 is 31.3 Å². The Morgan fingerprint density at radius 1 is 1.33 bits per heavy atom. The number of rotatable bonds is 0. The minimum absolute atomic E-state index is 0. The maximum absolute atomic E-state index is 8.25. The normalized spacial score (nSPS) is 4.00. The molecule has 0 aliphatic carbocycles. The van der Waals surface area contributed by atoms with E-state index >= 15 is 0 Å². The van der Waals surface area contributed by atoms with Crippen LogP contribution in [0.15, 0.2) is 0 Å². The van der Waals surface area contributed by atoms with Crippen LogP contribution >= 0.6 is 0 Å². The molecule has 0 aromatic heterocycles. The van der Waals surface area contributed by atoms with Crippen LogP contribution in [0.1, 0.15) is 0 Å². The molecule has 6 heteroatoms. The van der Waals surface area contributed by atoms with Gasteiger partial charge < -0.3 is 21.5 Å². The molecule has 0 aliphatic rings. The van der Waals surface area contributed by atoms with Crippen molar-refractivity contribution in [2.24, 2.45) is 0 Å². The number of hydrogen-bond donors (Lipinski definition) is 1. The Kier molecular flexibility index (Phi) is 24.6. The van der Waals surface area contributed by atoms with Crippen LogP contribution < -0.4 is 6.15 Å². The van der Waals surface area contributed by atoms with Gasteiger partial charge in [-0.25, -0.2) is 0 Å². The van der Waals surface area contributed by atoms with E-state index in [2.05, 4.69) is 0 Å². The summed E-state index contributed by atoms with van der Waals surface area (Å²) >= 11 is 0. The van der Waals surface area contributed by atoms with Gasteiger partial charge >= 0.3 is 26.2 Å². The van der Waals surface area contributed by atoms with Crippen molar-refractivity contribution in [2.75, 3.05) is 0 Å². The molecule has 34 valence electrons. The van der Waals surface area contributed by atoms with Crippen molar-refractivity contribution in [1.29, 1.82) is 0 Å². The quantitative estimate of drug-likeness (QED) is 0.414. The van der Waals surface area contributed by atoms with Gasteiger partial charge in [-0.1, -0.05) is 0 Å². The fourth-order valence-corrected chi connectivity index (χ4v) is 0. The summed E-state index contributed by atoms with van der Waals surface area (Å²) in [5.41, 5.74) is 0. The van der Waals surface area contributed by atoms with E-state index in [9.17, 15) is 0 Å². The van der Waals surface area contributed by atoms with Gasteiger partial charge in [0.15, 0.2) is 0 Å². The number of hydrogen-bond acceptors (Lipinski definition) is 3. The molecule has 0 aromatic rings. The summed E-state index contributed by atoms with van der Waals surface area (Å²) in [4.78, 5) is 8.25. The molecular formula is H4N2O3Zr+2. The predicted octanol–water partition coefficient (Wildman–Crippen LogP) is 0.135. The molecule has 0 aliphatic heterocycles. The molecule has 0 bridgehead atoms. The number of quaternary nitrogens is 1. The molecule has 0 atom stereocenters. The predicted molar refractivity (Wildman–Crippen MR) is 16.3 cm³/mol. The van der Waals surface area contributed by atoms with E-state index in [1.54, 1.807) is 0 Å². The second-order valence-corrected chi connectivity index (χ2v) is 0.224. The summed E-state index contributed by atoms with van der Waals surface area (Å²) in [6, 6.07) is 0. The van der Waals surface area contributed by atoms with E-state index in [1.165, 1.54) is 0 Å². The van der Waals surface area contributed by atoms with E-state index in [4.69, 9.17) is 15.3 Å². The Hall–Kier alpha value is 0.0431. The maximum atomic E-state index is 8.25. The zero-order chi connectivity index (χ0) is 3.58. The van der Waals surface area contributed by atoms with E-state index in [1.807, 2.05) is 0 Å². The van der Waals surface area contributed by atoms with Crippen LogP contribution in [0.25, 0.3) is 0 Å². The first kappa shape index (κ1) is 16.6. The first-order valence-corrected chi connectivity index (χ1v) is 0.548. The van der Waals surface area contributed by atoms with Crippen LogP contribution in [0, 0.1) is 15.3 Å². The molecular weight excluding hydrogens is 167 g/mol. The molecule has 0 radical (unpaired) electrons. The second kappa shape index (κ2) is 8.90. The van der Waals surface area contributed by atoms with Gasteiger partial charge in [-0.15, -0.1) is 0 Å². The van der Waals surface area contributed by atoms with Crippen molar-refractivity contribution >= 4 is 0 Å². The van der Waals surface area contributed by atoms with Gasteiger partial charge in [0.1, 0.15) is 0 Å². The molecule has 0 spiro atoms. The molecule has 0 aromatic carbocycles. The second-order valence-electron chi connectivity index (χ2n) is 0.224. The van der Waals surface area contributed by atoms with Crippen molar-refractivity contribution in [1.82, 2.24) is 6.15 Å². The third kappa shape index (κ3) is 20100. The minimum atomic E-state index is -1.75. The van der Waals surface area contributed by atoms with E-state index in [0.29, 0.717) is 0 Å². The van der Waals surface area contributed by atoms with Gasteiger partial charge in [-0.3, -0.25) is 0 Å². The Bertz CT molecular complexity index is 31.8. The SMILES string of the molecule is O=[N+]([O-])[O-].[NH4+].[Zr+2]. The van der Waals surface area contributed by atoms with Crippen molar-refractivity contribution in [2.45, 2.75) is 0 Å². The van der Waals surface area contributed by atoms with Gasteiger partial charge in [0.05, 0.1) is 5.09 Å². The topological polar surface area (TPSA) is 103 Å². The van der Waals surface area contributed by atoms with Crippen LogP contribution in [0.5, 0.6) is 0 Å².